The number of esters is 3. The van der Waals surface area contributed by atoms with Gasteiger partial charge in [-0.15, -0.1) is 0 Å². The summed E-state index contributed by atoms with van der Waals surface area (Å²) in [4.78, 5) is 65.6. The molecule has 1 aromatic heterocycles. The van der Waals surface area contributed by atoms with Crippen LogP contribution in [0.2, 0.25) is 0 Å². The van der Waals surface area contributed by atoms with Gasteiger partial charge in [-0.2, -0.15) is 0 Å². The molecule has 0 radical (unpaired) electrons. The molecular formula is C25H28N2O8. The number of carbonyl (C=O) groups excluding carboxylic acids is 4. The highest BCUT2D eigenvalue weighted by molar-refractivity contribution is 5.96. The highest BCUT2D eigenvalue weighted by Crippen LogP contribution is 2.24. The molecule has 2 N–H and O–H groups in total. The molecule has 186 valence electrons. The molecule has 0 saturated carbocycles. The van der Waals surface area contributed by atoms with E-state index in [0.717, 1.165) is 5.56 Å². The number of hydrogen-bond acceptors (Lipinski definition) is 8. The van der Waals surface area contributed by atoms with E-state index in [0.29, 0.717) is 0 Å². The van der Waals surface area contributed by atoms with Gasteiger partial charge in [0, 0.05) is 18.5 Å². The van der Waals surface area contributed by atoms with Gasteiger partial charge in [-0.25, -0.2) is 4.79 Å². The number of nitrogens with one attached hydrogen (secondary N) is 2. The Morgan fingerprint density at radius 1 is 1.11 bits per heavy atom. The second-order valence-corrected chi connectivity index (χ2v) is 8.57. The maximum absolute atomic E-state index is 13.1. The van der Waals surface area contributed by atoms with E-state index in [1.165, 1.54) is 25.4 Å². The Bertz CT molecular complexity index is 1130. The molecule has 1 aliphatic heterocycles. The van der Waals surface area contributed by atoms with Crippen LogP contribution in [0.15, 0.2) is 53.6 Å². The van der Waals surface area contributed by atoms with Crippen LogP contribution in [-0.2, 0) is 35.0 Å². The average Bonchev–Trinajstić information content (AvgIpc) is 2.86. The number of amides is 1. The number of H-pyrrole nitrogens is 1. The van der Waals surface area contributed by atoms with Crippen molar-refractivity contribution in [1.29, 1.82) is 0 Å². The van der Waals surface area contributed by atoms with Gasteiger partial charge in [-0.3, -0.25) is 19.2 Å². The normalized spacial score (nSPS) is 22.7. The minimum atomic E-state index is -1.37. The Hall–Kier alpha value is -3.95. The van der Waals surface area contributed by atoms with Gasteiger partial charge in [-0.05, 0) is 18.9 Å². The van der Waals surface area contributed by atoms with Crippen LogP contribution in [0.1, 0.15) is 36.7 Å². The summed E-state index contributed by atoms with van der Waals surface area (Å²) >= 11 is 0. The first-order valence-corrected chi connectivity index (χ1v) is 11.3. The molecule has 1 saturated heterocycles. The van der Waals surface area contributed by atoms with Crippen LogP contribution < -0.4 is 10.7 Å². The van der Waals surface area contributed by atoms with Crippen LogP contribution in [0.4, 0.5) is 0 Å². The summed E-state index contributed by atoms with van der Waals surface area (Å²) < 4.78 is 16.5. The van der Waals surface area contributed by atoms with Gasteiger partial charge in [-0.1, -0.05) is 44.2 Å². The molecule has 1 aromatic carbocycles. The van der Waals surface area contributed by atoms with E-state index in [1.807, 2.05) is 30.3 Å². The molecule has 35 heavy (non-hydrogen) atoms. The van der Waals surface area contributed by atoms with Crippen molar-refractivity contribution in [2.75, 3.05) is 6.61 Å². The number of pyridine rings is 1. The first kappa shape index (κ1) is 25.7. The number of benzene rings is 1. The SMILES string of the molecule is CC(C)C(=O)OC1C(C)OC(=O)C(NC(=O)c2c[nH]ccc2=O)COC(=O)C1Cc1ccccc1. The number of aromatic nitrogens is 1. The number of carbonyl (C=O) groups is 4. The first-order valence-electron chi connectivity index (χ1n) is 11.3. The standard InChI is InChI=1S/C25H28N2O8/c1-14(2)23(30)35-21-15(3)34-25(32)19(27-22(29)18-12-26-10-9-20(18)28)13-33-24(31)17(21)11-16-7-5-4-6-8-16/h4-10,12,14-15,17,19,21H,11,13H2,1-3H3,(H,26,28)(H,27,29). The molecule has 1 fully saturated rings. The van der Waals surface area contributed by atoms with Crippen molar-refractivity contribution in [2.45, 2.75) is 45.4 Å². The molecule has 0 aliphatic carbocycles. The molecular weight excluding hydrogens is 456 g/mol. The molecule has 1 amide bonds. The molecule has 2 aromatic rings. The zero-order valence-electron chi connectivity index (χ0n) is 19.7. The fourth-order valence-corrected chi connectivity index (χ4v) is 3.58. The van der Waals surface area contributed by atoms with Gasteiger partial charge in [0.2, 0.25) is 0 Å². The second kappa shape index (κ2) is 11.5. The number of aromatic amines is 1. The maximum Gasteiger partial charge on any atom is 0.332 e. The van der Waals surface area contributed by atoms with Crippen LogP contribution in [0, 0.1) is 11.8 Å². The van der Waals surface area contributed by atoms with Crippen molar-refractivity contribution in [1.82, 2.24) is 10.3 Å². The molecule has 2 heterocycles. The van der Waals surface area contributed by atoms with Crippen LogP contribution >= 0.6 is 0 Å². The summed E-state index contributed by atoms with van der Waals surface area (Å²) in [6, 6.07) is 8.88. The number of cyclic esters (lactones) is 2. The first-order chi connectivity index (χ1) is 16.7. The zero-order valence-corrected chi connectivity index (χ0v) is 19.7. The summed E-state index contributed by atoms with van der Waals surface area (Å²) in [7, 11) is 0. The van der Waals surface area contributed by atoms with Crippen LogP contribution in [0.25, 0.3) is 0 Å². The second-order valence-electron chi connectivity index (χ2n) is 8.57. The predicted molar refractivity (Wildman–Crippen MR) is 123 cm³/mol. The summed E-state index contributed by atoms with van der Waals surface area (Å²) in [5.74, 6) is -4.44. The van der Waals surface area contributed by atoms with Gasteiger partial charge in [0.1, 0.15) is 24.2 Å². The van der Waals surface area contributed by atoms with Crippen LogP contribution in [0.3, 0.4) is 0 Å². The van der Waals surface area contributed by atoms with Gasteiger partial charge in [0.05, 0.1) is 5.92 Å². The largest absolute Gasteiger partial charge is 0.463 e. The third-order valence-electron chi connectivity index (χ3n) is 5.54. The highest BCUT2D eigenvalue weighted by Gasteiger charge is 2.42. The topological polar surface area (TPSA) is 141 Å². The Balaban J connectivity index is 1.87. The number of ether oxygens (including phenoxy) is 3. The lowest BCUT2D eigenvalue weighted by atomic mass is 9.91. The lowest BCUT2D eigenvalue weighted by Gasteiger charge is -2.29. The molecule has 4 unspecified atom stereocenters. The van der Waals surface area contributed by atoms with Crippen LogP contribution in [-0.4, -0.2) is 53.7 Å². The molecule has 3 rings (SSSR count). The van der Waals surface area contributed by atoms with Crippen molar-refractivity contribution in [3.63, 3.8) is 0 Å². The van der Waals surface area contributed by atoms with Gasteiger partial charge in [0.25, 0.3) is 5.91 Å². The summed E-state index contributed by atoms with van der Waals surface area (Å²) in [5.41, 5.74) is 0.0304. The Morgan fingerprint density at radius 2 is 1.83 bits per heavy atom. The quantitative estimate of drug-likeness (QED) is 0.463. The lowest BCUT2D eigenvalue weighted by Crippen LogP contribution is -2.47. The zero-order chi connectivity index (χ0) is 25.5. The van der Waals surface area contributed by atoms with Crippen molar-refractivity contribution in [3.8, 4) is 0 Å². The number of rotatable bonds is 6. The predicted octanol–water partition coefficient (Wildman–Crippen LogP) is 1.39. The summed E-state index contributed by atoms with van der Waals surface area (Å²) in [6.45, 7) is 4.29. The third kappa shape index (κ3) is 6.56. The van der Waals surface area contributed by atoms with E-state index in [4.69, 9.17) is 14.2 Å². The van der Waals surface area contributed by atoms with Crippen molar-refractivity contribution in [2.24, 2.45) is 11.8 Å². The van der Waals surface area contributed by atoms with Gasteiger partial charge >= 0.3 is 17.9 Å². The Morgan fingerprint density at radius 3 is 2.49 bits per heavy atom. The van der Waals surface area contributed by atoms with Gasteiger partial charge < -0.3 is 24.5 Å². The van der Waals surface area contributed by atoms with E-state index in [2.05, 4.69) is 10.3 Å². The summed E-state index contributed by atoms with van der Waals surface area (Å²) in [6.07, 6.45) is 0.595. The third-order valence-corrected chi connectivity index (χ3v) is 5.54. The van der Waals surface area contributed by atoms with Crippen LogP contribution in [0.5, 0.6) is 0 Å². The monoisotopic (exact) mass is 484 g/mol. The minimum absolute atomic E-state index is 0.175. The van der Waals surface area contributed by atoms with Crippen molar-refractivity contribution >= 4 is 23.8 Å². The van der Waals surface area contributed by atoms with Gasteiger partial charge in [0.15, 0.2) is 17.6 Å². The molecule has 1 aliphatic rings. The highest BCUT2D eigenvalue weighted by atomic mass is 16.6. The molecule has 0 bridgehead atoms. The van der Waals surface area contributed by atoms with E-state index in [9.17, 15) is 24.0 Å². The lowest BCUT2D eigenvalue weighted by molar-refractivity contribution is -0.176. The van der Waals surface area contributed by atoms with E-state index >= 15 is 0 Å². The number of hydrogen-bond donors (Lipinski definition) is 2. The minimum Gasteiger partial charge on any atom is -0.463 e. The average molecular weight is 485 g/mol. The summed E-state index contributed by atoms with van der Waals surface area (Å²) in [5, 5.41) is 2.38. The smallest absolute Gasteiger partial charge is 0.332 e. The Kier molecular flexibility index (Phi) is 8.40. The molecule has 10 heteroatoms. The van der Waals surface area contributed by atoms with Crippen molar-refractivity contribution < 1.29 is 33.4 Å². The fourth-order valence-electron chi connectivity index (χ4n) is 3.58. The molecule has 10 nitrogen and oxygen atoms in total. The molecule has 0 spiro atoms. The van der Waals surface area contributed by atoms with E-state index < -0.39 is 65.9 Å². The Labute approximate surface area is 202 Å². The van der Waals surface area contributed by atoms with Crippen molar-refractivity contribution in [3.05, 3.63) is 70.1 Å². The fraction of sp³-hybridized carbons (Fsp3) is 0.400. The molecule has 4 atom stereocenters. The maximum atomic E-state index is 13.1. The van der Waals surface area contributed by atoms with E-state index in [-0.39, 0.29) is 12.0 Å². The van der Waals surface area contributed by atoms with E-state index in [1.54, 1.807) is 13.8 Å².